The number of nitrogens with zero attached hydrogens (tertiary/aromatic N) is 2. The van der Waals surface area contributed by atoms with Gasteiger partial charge in [-0.15, -0.1) is 0 Å². The monoisotopic (exact) mass is 555 g/mol. The van der Waals surface area contributed by atoms with Crippen LogP contribution in [0.2, 0.25) is 0 Å². The summed E-state index contributed by atoms with van der Waals surface area (Å²) < 4.78 is 5.43. The predicted molar refractivity (Wildman–Crippen MR) is 152 cm³/mol. The van der Waals surface area contributed by atoms with Crippen molar-refractivity contribution in [3.05, 3.63) is 30.3 Å². The molecular formula is C30H45N5O5. The van der Waals surface area contributed by atoms with Crippen LogP contribution in [0.1, 0.15) is 66.2 Å². The molecule has 3 fully saturated rings. The summed E-state index contributed by atoms with van der Waals surface area (Å²) in [6.07, 6.45) is 5.00. The van der Waals surface area contributed by atoms with E-state index in [1.54, 1.807) is 27.7 Å². The highest BCUT2D eigenvalue weighted by molar-refractivity contribution is 5.95. The number of hydrogen-bond acceptors (Lipinski definition) is 6. The van der Waals surface area contributed by atoms with Gasteiger partial charge in [0.05, 0.1) is 12.0 Å². The molecule has 4 rings (SSSR count). The summed E-state index contributed by atoms with van der Waals surface area (Å²) in [6, 6.07) is 7.56. The van der Waals surface area contributed by atoms with Gasteiger partial charge in [0.2, 0.25) is 17.7 Å². The van der Waals surface area contributed by atoms with Gasteiger partial charge in [0.15, 0.2) is 0 Å². The van der Waals surface area contributed by atoms with Crippen molar-refractivity contribution in [2.24, 2.45) is 11.8 Å². The summed E-state index contributed by atoms with van der Waals surface area (Å²) in [5, 5.41) is 9.47. The predicted octanol–water partition coefficient (Wildman–Crippen LogP) is 3.13. The fourth-order valence-corrected chi connectivity index (χ4v) is 6.17. The highest BCUT2D eigenvalue weighted by Crippen LogP contribution is 2.34. The van der Waals surface area contributed by atoms with Crippen LogP contribution < -0.4 is 16.0 Å². The maximum absolute atomic E-state index is 14.2. The molecule has 1 aromatic rings. The van der Waals surface area contributed by atoms with Gasteiger partial charge in [-0.2, -0.15) is 0 Å². The van der Waals surface area contributed by atoms with Crippen molar-refractivity contribution in [3.63, 3.8) is 0 Å². The van der Waals surface area contributed by atoms with E-state index in [9.17, 15) is 19.2 Å². The molecule has 2 saturated heterocycles. The van der Waals surface area contributed by atoms with Crippen LogP contribution in [-0.4, -0.2) is 83.5 Å². The second kappa shape index (κ2) is 12.6. The third kappa shape index (κ3) is 6.95. The van der Waals surface area contributed by atoms with E-state index in [0.29, 0.717) is 13.1 Å². The molecule has 0 radical (unpaired) electrons. The first-order valence-corrected chi connectivity index (χ1v) is 14.6. The number of carbonyl (C=O) groups excluding carboxylic acids is 4. The SMILES string of the molecule is CC(C(=O)NC(C(=O)N1CCC2NCC(C(=O)Nc3ccccc3)C21)C1CCCCC1)N(C)C(=O)OC(C)(C)C. The zero-order valence-corrected chi connectivity index (χ0v) is 24.4. The van der Waals surface area contributed by atoms with Crippen molar-refractivity contribution in [2.75, 3.05) is 25.5 Å². The van der Waals surface area contributed by atoms with Crippen LogP contribution in [0.4, 0.5) is 10.5 Å². The van der Waals surface area contributed by atoms with E-state index in [1.165, 1.54) is 11.9 Å². The van der Waals surface area contributed by atoms with Crippen molar-refractivity contribution in [1.82, 2.24) is 20.4 Å². The molecule has 2 heterocycles. The van der Waals surface area contributed by atoms with Crippen molar-refractivity contribution in [3.8, 4) is 0 Å². The Labute approximate surface area is 237 Å². The molecule has 40 heavy (non-hydrogen) atoms. The first-order valence-electron chi connectivity index (χ1n) is 14.6. The van der Waals surface area contributed by atoms with E-state index in [-0.39, 0.29) is 29.8 Å². The molecule has 5 atom stereocenters. The van der Waals surface area contributed by atoms with E-state index in [4.69, 9.17) is 4.74 Å². The minimum Gasteiger partial charge on any atom is -0.444 e. The number of amides is 4. The summed E-state index contributed by atoms with van der Waals surface area (Å²) in [5.74, 6) is -1.03. The fourth-order valence-electron chi connectivity index (χ4n) is 6.17. The largest absolute Gasteiger partial charge is 0.444 e. The number of benzene rings is 1. The number of hydrogen-bond donors (Lipinski definition) is 3. The van der Waals surface area contributed by atoms with Gasteiger partial charge in [-0.1, -0.05) is 37.5 Å². The summed E-state index contributed by atoms with van der Waals surface area (Å²) in [7, 11) is 1.53. The van der Waals surface area contributed by atoms with Crippen LogP contribution in [0, 0.1) is 11.8 Å². The van der Waals surface area contributed by atoms with Crippen LogP contribution in [0.3, 0.4) is 0 Å². The number of likely N-dealkylation sites (tertiary alicyclic amines) is 1. The van der Waals surface area contributed by atoms with Gasteiger partial charge in [-0.3, -0.25) is 19.3 Å². The van der Waals surface area contributed by atoms with E-state index < -0.39 is 35.6 Å². The quantitative estimate of drug-likeness (QED) is 0.476. The van der Waals surface area contributed by atoms with E-state index >= 15 is 0 Å². The smallest absolute Gasteiger partial charge is 0.410 e. The third-order valence-electron chi connectivity index (χ3n) is 8.45. The molecule has 1 aliphatic carbocycles. The average Bonchev–Trinajstić information content (AvgIpc) is 3.53. The highest BCUT2D eigenvalue weighted by atomic mass is 16.6. The Balaban J connectivity index is 1.49. The van der Waals surface area contributed by atoms with Crippen molar-refractivity contribution in [1.29, 1.82) is 0 Å². The Bertz CT molecular complexity index is 1070. The maximum atomic E-state index is 14.2. The second-order valence-electron chi connectivity index (χ2n) is 12.4. The zero-order chi connectivity index (χ0) is 29.0. The Morgan fingerprint density at radius 2 is 1.73 bits per heavy atom. The number of fused-ring (bicyclic) bond motifs is 1. The Hall–Kier alpha value is -3.14. The summed E-state index contributed by atoms with van der Waals surface area (Å²) in [4.78, 5) is 56.6. The van der Waals surface area contributed by atoms with Crippen LogP contribution in [-0.2, 0) is 19.1 Å². The standard InChI is InChI=1S/C30H45N5O5/c1-19(34(5)29(39)40-30(2,3)4)26(36)33-24(20-12-8-6-9-13-20)28(38)35-17-16-23-25(35)22(18-31-23)27(37)32-21-14-10-7-11-15-21/h7,10-11,14-15,19-20,22-25,31H,6,8-9,12-13,16-18H2,1-5H3,(H,32,37)(H,33,36). The van der Waals surface area contributed by atoms with Gasteiger partial charge in [0.25, 0.3) is 0 Å². The maximum Gasteiger partial charge on any atom is 0.410 e. The molecule has 220 valence electrons. The second-order valence-corrected chi connectivity index (χ2v) is 12.4. The first-order chi connectivity index (χ1) is 19.0. The van der Waals surface area contributed by atoms with Crippen LogP contribution in [0.15, 0.2) is 30.3 Å². The van der Waals surface area contributed by atoms with Gasteiger partial charge < -0.3 is 25.6 Å². The summed E-state index contributed by atoms with van der Waals surface area (Å²) in [5.41, 5.74) is 0.0369. The van der Waals surface area contributed by atoms with E-state index in [1.807, 2.05) is 35.2 Å². The van der Waals surface area contributed by atoms with Gasteiger partial charge in [-0.05, 0) is 65.0 Å². The fraction of sp³-hybridized carbons (Fsp3) is 0.667. The van der Waals surface area contributed by atoms with Crippen molar-refractivity contribution < 1.29 is 23.9 Å². The minimum absolute atomic E-state index is 0.00856. The normalized spacial score (nSPS) is 24.5. The number of carbonyl (C=O) groups is 4. The molecule has 10 heteroatoms. The van der Waals surface area contributed by atoms with Gasteiger partial charge in [0.1, 0.15) is 17.7 Å². The number of para-hydroxylation sites is 1. The summed E-state index contributed by atoms with van der Waals surface area (Å²) >= 11 is 0. The number of ether oxygens (including phenoxy) is 1. The highest BCUT2D eigenvalue weighted by Gasteiger charge is 2.50. The molecule has 1 saturated carbocycles. The van der Waals surface area contributed by atoms with E-state index in [2.05, 4.69) is 16.0 Å². The minimum atomic E-state index is -0.822. The Kier molecular flexibility index (Phi) is 9.38. The molecule has 2 aliphatic heterocycles. The molecule has 10 nitrogen and oxygen atoms in total. The first kappa shape index (κ1) is 29.8. The number of nitrogens with one attached hydrogen (secondary N) is 3. The lowest BCUT2D eigenvalue weighted by Gasteiger charge is -2.37. The van der Waals surface area contributed by atoms with Gasteiger partial charge >= 0.3 is 6.09 Å². The van der Waals surface area contributed by atoms with Gasteiger partial charge in [-0.25, -0.2) is 4.79 Å². The Morgan fingerprint density at radius 1 is 1.05 bits per heavy atom. The molecule has 0 spiro atoms. The summed E-state index contributed by atoms with van der Waals surface area (Å²) in [6.45, 7) is 7.98. The molecular weight excluding hydrogens is 510 g/mol. The lowest BCUT2D eigenvalue weighted by molar-refractivity contribution is -0.141. The molecule has 0 aromatic heterocycles. The van der Waals surface area contributed by atoms with Crippen molar-refractivity contribution in [2.45, 2.75) is 96.0 Å². The molecule has 4 amide bonds. The van der Waals surface area contributed by atoms with E-state index in [0.717, 1.165) is 44.2 Å². The number of rotatable bonds is 7. The lowest BCUT2D eigenvalue weighted by atomic mass is 9.83. The van der Waals surface area contributed by atoms with Crippen LogP contribution in [0.5, 0.6) is 0 Å². The number of likely N-dealkylation sites (N-methyl/N-ethyl adjacent to an activating group) is 1. The topological polar surface area (TPSA) is 120 Å². The average molecular weight is 556 g/mol. The number of anilines is 1. The lowest BCUT2D eigenvalue weighted by Crippen LogP contribution is -2.58. The third-order valence-corrected chi connectivity index (χ3v) is 8.45. The van der Waals surface area contributed by atoms with Gasteiger partial charge in [0, 0.05) is 31.9 Å². The van der Waals surface area contributed by atoms with Crippen LogP contribution >= 0.6 is 0 Å². The molecule has 5 unspecified atom stereocenters. The zero-order valence-electron chi connectivity index (χ0n) is 24.4. The molecule has 3 aliphatic rings. The molecule has 1 aromatic carbocycles. The van der Waals surface area contributed by atoms with Crippen molar-refractivity contribution >= 4 is 29.5 Å². The molecule has 0 bridgehead atoms. The van der Waals surface area contributed by atoms with Crippen LogP contribution in [0.25, 0.3) is 0 Å². The Morgan fingerprint density at radius 3 is 2.38 bits per heavy atom. The molecule has 3 N–H and O–H groups in total.